The van der Waals surface area contributed by atoms with Gasteiger partial charge in [0.2, 0.25) is 5.91 Å². The predicted octanol–water partition coefficient (Wildman–Crippen LogP) is 4.37. The zero-order chi connectivity index (χ0) is 17.5. The molecule has 2 aromatic carbocycles. The molecule has 1 fully saturated rings. The zero-order valence-corrected chi connectivity index (χ0v) is 15.8. The number of hydrogen-bond acceptors (Lipinski definition) is 2. The second-order valence-corrected chi connectivity index (χ2v) is 7.23. The van der Waals surface area contributed by atoms with Crippen LogP contribution in [0.1, 0.15) is 29.5 Å². The standard InChI is InChI=1S/C21H23BrN2O/c22-20-6-2-1-5-19(20)11-12-21(25)23-15-17-7-9-18(10-8-17)16-24-13-3-4-14-24/h1-2,5-12H,3-4,13-16H2,(H,23,25)/b12-11+. The lowest BCUT2D eigenvalue weighted by molar-refractivity contribution is -0.116. The first-order valence-electron chi connectivity index (χ1n) is 8.71. The normalized spacial score (nSPS) is 14.9. The highest BCUT2D eigenvalue weighted by Crippen LogP contribution is 2.17. The second kappa shape index (κ2) is 8.97. The van der Waals surface area contributed by atoms with Crippen LogP contribution in [-0.4, -0.2) is 23.9 Å². The number of nitrogens with one attached hydrogen (secondary N) is 1. The van der Waals surface area contributed by atoms with Crippen LogP contribution >= 0.6 is 15.9 Å². The predicted molar refractivity (Wildman–Crippen MR) is 106 cm³/mol. The molecule has 1 heterocycles. The fraction of sp³-hybridized carbons (Fsp3) is 0.286. The lowest BCUT2D eigenvalue weighted by Crippen LogP contribution is -2.20. The topological polar surface area (TPSA) is 32.3 Å². The molecule has 25 heavy (non-hydrogen) atoms. The Bertz CT molecular complexity index is 734. The van der Waals surface area contributed by atoms with Gasteiger partial charge in [-0.15, -0.1) is 0 Å². The molecular weight excluding hydrogens is 376 g/mol. The highest BCUT2D eigenvalue weighted by atomic mass is 79.9. The van der Waals surface area contributed by atoms with Crippen LogP contribution in [0.25, 0.3) is 6.08 Å². The van der Waals surface area contributed by atoms with Gasteiger partial charge < -0.3 is 5.32 Å². The smallest absolute Gasteiger partial charge is 0.244 e. The van der Waals surface area contributed by atoms with Gasteiger partial charge in [-0.3, -0.25) is 9.69 Å². The SMILES string of the molecule is O=C(/C=C/c1ccccc1Br)NCc1ccc(CN2CCCC2)cc1. The van der Waals surface area contributed by atoms with E-state index in [-0.39, 0.29) is 5.91 Å². The average Bonchev–Trinajstić information content (AvgIpc) is 3.13. The van der Waals surface area contributed by atoms with E-state index in [2.05, 4.69) is 50.4 Å². The van der Waals surface area contributed by atoms with E-state index in [0.29, 0.717) is 6.54 Å². The molecule has 1 saturated heterocycles. The summed E-state index contributed by atoms with van der Waals surface area (Å²) in [5.41, 5.74) is 3.45. The highest BCUT2D eigenvalue weighted by molar-refractivity contribution is 9.10. The number of amides is 1. The first-order chi connectivity index (χ1) is 12.2. The third kappa shape index (κ3) is 5.55. The van der Waals surface area contributed by atoms with Crippen molar-refractivity contribution >= 4 is 27.9 Å². The fourth-order valence-corrected chi connectivity index (χ4v) is 3.40. The zero-order valence-electron chi connectivity index (χ0n) is 14.2. The summed E-state index contributed by atoms with van der Waals surface area (Å²) in [6.45, 7) is 3.99. The van der Waals surface area contributed by atoms with Gasteiger partial charge in [-0.2, -0.15) is 0 Å². The van der Waals surface area contributed by atoms with Crippen molar-refractivity contribution in [2.75, 3.05) is 13.1 Å². The molecular formula is C21H23BrN2O. The molecule has 1 amide bonds. The molecule has 3 rings (SSSR count). The van der Waals surface area contributed by atoms with E-state index in [4.69, 9.17) is 0 Å². The van der Waals surface area contributed by atoms with Crippen LogP contribution in [-0.2, 0) is 17.9 Å². The van der Waals surface area contributed by atoms with Crippen LogP contribution in [0.15, 0.2) is 59.1 Å². The summed E-state index contributed by atoms with van der Waals surface area (Å²) in [6.07, 6.45) is 6.02. The van der Waals surface area contributed by atoms with E-state index >= 15 is 0 Å². The third-order valence-electron chi connectivity index (χ3n) is 4.41. The Morgan fingerprint density at radius 3 is 2.44 bits per heavy atom. The number of rotatable bonds is 6. The van der Waals surface area contributed by atoms with Gasteiger partial charge in [0, 0.05) is 23.6 Å². The summed E-state index contributed by atoms with van der Waals surface area (Å²) in [5, 5.41) is 2.93. The Labute approximate surface area is 157 Å². The number of nitrogens with zero attached hydrogens (tertiary/aromatic N) is 1. The van der Waals surface area contributed by atoms with Gasteiger partial charge in [-0.25, -0.2) is 0 Å². The van der Waals surface area contributed by atoms with E-state index < -0.39 is 0 Å². The fourth-order valence-electron chi connectivity index (χ4n) is 2.99. The van der Waals surface area contributed by atoms with E-state index in [1.165, 1.54) is 31.5 Å². The van der Waals surface area contributed by atoms with Gasteiger partial charge in [-0.1, -0.05) is 58.4 Å². The van der Waals surface area contributed by atoms with Gasteiger partial charge in [0.15, 0.2) is 0 Å². The molecule has 1 N–H and O–H groups in total. The van der Waals surface area contributed by atoms with E-state index in [0.717, 1.165) is 22.1 Å². The maximum absolute atomic E-state index is 12.0. The third-order valence-corrected chi connectivity index (χ3v) is 5.14. The summed E-state index contributed by atoms with van der Waals surface area (Å²) >= 11 is 3.47. The Morgan fingerprint density at radius 2 is 1.72 bits per heavy atom. The maximum atomic E-state index is 12.0. The average molecular weight is 399 g/mol. The van der Waals surface area contributed by atoms with Crippen LogP contribution in [0.5, 0.6) is 0 Å². The molecule has 0 spiro atoms. The Morgan fingerprint density at radius 1 is 1.04 bits per heavy atom. The molecule has 1 aliphatic rings. The summed E-state index contributed by atoms with van der Waals surface area (Å²) in [5.74, 6) is -0.0862. The lowest BCUT2D eigenvalue weighted by atomic mass is 10.1. The monoisotopic (exact) mass is 398 g/mol. The van der Waals surface area contributed by atoms with Gasteiger partial charge in [0.05, 0.1) is 0 Å². The van der Waals surface area contributed by atoms with Crippen molar-refractivity contribution in [1.82, 2.24) is 10.2 Å². The van der Waals surface area contributed by atoms with E-state index in [1.807, 2.05) is 30.3 Å². The van der Waals surface area contributed by atoms with Gasteiger partial charge in [0.25, 0.3) is 0 Å². The largest absolute Gasteiger partial charge is 0.348 e. The number of carbonyl (C=O) groups excluding carboxylic acids is 1. The summed E-state index contributed by atoms with van der Waals surface area (Å²) in [6, 6.07) is 16.4. The van der Waals surface area contributed by atoms with Crippen LogP contribution in [0.2, 0.25) is 0 Å². The summed E-state index contributed by atoms with van der Waals surface area (Å²) in [7, 11) is 0. The van der Waals surface area contributed by atoms with Crippen molar-refractivity contribution in [3.63, 3.8) is 0 Å². The first-order valence-corrected chi connectivity index (χ1v) is 9.50. The molecule has 3 nitrogen and oxygen atoms in total. The first kappa shape index (κ1) is 17.9. The van der Waals surface area contributed by atoms with Crippen molar-refractivity contribution in [3.8, 4) is 0 Å². The Hall–Kier alpha value is -1.91. The maximum Gasteiger partial charge on any atom is 0.244 e. The number of halogens is 1. The van der Waals surface area contributed by atoms with Gasteiger partial charge in [-0.05, 0) is 54.8 Å². The second-order valence-electron chi connectivity index (χ2n) is 6.37. The van der Waals surface area contributed by atoms with Crippen molar-refractivity contribution in [2.24, 2.45) is 0 Å². The molecule has 0 saturated carbocycles. The Balaban J connectivity index is 1.47. The van der Waals surface area contributed by atoms with Crippen molar-refractivity contribution in [1.29, 1.82) is 0 Å². The molecule has 0 aliphatic carbocycles. The molecule has 4 heteroatoms. The number of hydrogen-bond donors (Lipinski definition) is 1. The van der Waals surface area contributed by atoms with Crippen molar-refractivity contribution in [3.05, 3.63) is 75.8 Å². The van der Waals surface area contributed by atoms with Crippen molar-refractivity contribution < 1.29 is 4.79 Å². The lowest BCUT2D eigenvalue weighted by Gasteiger charge is -2.14. The van der Waals surface area contributed by atoms with Gasteiger partial charge >= 0.3 is 0 Å². The summed E-state index contributed by atoms with van der Waals surface area (Å²) in [4.78, 5) is 14.5. The minimum absolute atomic E-state index is 0.0862. The molecule has 0 bridgehead atoms. The minimum Gasteiger partial charge on any atom is -0.348 e. The van der Waals surface area contributed by atoms with Crippen LogP contribution < -0.4 is 5.32 Å². The molecule has 1 aliphatic heterocycles. The number of likely N-dealkylation sites (tertiary alicyclic amines) is 1. The number of benzene rings is 2. The van der Waals surface area contributed by atoms with Crippen LogP contribution in [0, 0.1) is 0 Å². The highest BCUT2D eigenvalue weighted by Gasteiger charge is 2.11. The van der Waals surface area contributed by atoms with E-state index in [1.54, 1.807) is 6.08 Å². The van der Waals surface area contributed by atoms with Crippen LogP contribution in [0.3, 0.4) is 0 Å². The number of carbonyl (C=O) groups is 1. The van der Waals surface area contributed by atoms with Gasteiger partial charge in [0.1, 0.15) is 0 Å². The molecule has 0 unspecified atom stereocenters. The van der Waals surface area contributed by atoms with E-state index in [9.17, 15) is 4.79 Å². The Kier molecular flexibility index (Phi) is 6.42. The molecule has 0 atom stereocenters. The molecule has 0 aromatic heterocycles. The molecule has 0 radical (unpaired) electrons. The minimum atomic E-state index is -0.0862. The summed E-state index contributed by atoms with van der Waals surface area (Å²) < 4.78 is 0.979. The quantitative estimate of drug-likeness (QED) is 0.732. The molecule has 2 aromatic rings. The molecule has 130 valence electrons. The van der Waals surface area contributed by atoms with Crippen molar-refractivity contribution in [2.45, 2.75) is 25.9 Å². The van der Waals surface area contributed by atoms with Crippen LogP contribution in [0.4, 0.5) is 0 Å².